The van der Waals surface area contributed by atoms with E-state index >= 15 is 0 Å². The van der Waals surface area contributed by atoms with E-state index in [1.165, 1.54) is 22.7 Å². The fourth-order valence-corrected chi connectivity index (χ4v) is 4.07. The minimum absolute atomic E-state index is 0.120. The summed E-state index contributed by atoms with van der Waals surface area (Å²) >= 11 is 8.86. The first-order chi connectivity index (χ1) is 10.2. The molecule has 2 aromatic heterocycles. The van der Waals surface area contributed by atoms with E-state index in [0.29, 0.717) is 24.1 Å². The largest absolute Gasteiger partial charge is 0.378 e. The van der Waals surface area contributed by atoms with Crippen molar-refractivity contribution in [2.75, 3.05) is 19.8 Å². The Balaban J connectivity index is 1.65. The van der Waals surface area contributed by atoms with Crippen molar-refractivity contribution in [3.8, 4) is 0 Å². The second-order valence-corrected chi connectivity index (χ2v) is 7.53. The van der Waals surface area contributed by atoms with Gasteiger partial charge in [-0.05, 0) is 11.4 Å². The fourth-order valence-electron chi connectivity index (χ4n) is 2.39. The lowest BCUT2D eigenvalue weighted by atomic mass is 10.1. The molecule has 0 aromatic carbocycles. The smallest absolute Gasteiger partial charge is 0.183 e. The average molecular weight is 343 g/mol. The van der Waals surface area contributed by atoms with Gasteiger partial charge < -0.3 is 4.74 Å². The molecule has 0 aliphatic carbocycles. The standard InChI is InChI=1S/C14H15ClN2O2S2/c15-14-16-7-11(21-14)8-17-3-4-19-9-10(17)6-12(18)13-2-1-5-20-13/h1-2,5,7,10H,3-4,6,8-9H2. The Labute approximate surface area is 136 Å². The number of Topliss-reactive ketones (excluding diaryl/α,β-unsaturated/α-hetero) is 1. The quantitative estimate of drug-likeness (QED) is 0.782. The average Bonchev–Trinajstić information content (AvgIpc) is 3.13. The van der Waals surface area contributed by atoms with Gasteiger partial charge in [-0.15, -0.1) is 22.7 Å². The lowest BCUT2D eigenvalue weighted by Gasteiger charge is -2.34. The van der Waals surface area contributed by atoms with Crippen LogP contribution < -0.4 is 0 Å². The van der Waals surface area contributed by atoms with Gasteiger partial charge in [-0.2, -0.15) is 0 Å². The first-order valence-electron chi connectivity index (χ1n) is 6.71. The molecule has 2 aromatic rings. The van der Waals surface area contributed by atoms with Crippen molar-refractivity contribution >= 4 is 40.1 Å². The van der Waals surface area contributed by atoms with Gasteiger partial charge in [-0.3, -0.25) is 9.69 Å². The second-order valence-electron chi connectivity index (χ2n) is 4.88. The van der Waals surface area contributed by atoms with Gasteiger partial charge in [0.1, 0.15) is 0 Å². The van der Waals surface area contributed by atoms with Crippen LogP contribution in [0.1, 0.15) is 21.0 Å². The SMILES string of the molecule is O=C(CC1COCCN1Cc1cnc(Cl)s1)c1cccs1. The zero-order chi connectivity index (χ0) is 14.7. The van der Waals surface area contributed by atoms with Crippen LogP contribution in [0.25, 0.3) is 0 Å². The number of rotatable bonds is 5. The normalized spacial score (nSPS) is 19.8. The number of halogens is 1. The predicted octanol–water partition coefficient (Wildman–Crippen LogP) is 3.33. The van der Waals surface area contributed by atoms with Crippen molar-refractivity contribution in [1.82, 2.24) is 9.88 Å². The highest BCUT2D eigenvalue weighted by Crippen LogP contribution is 2.23. The van der Waals surface area contributed by atoms with Crippen LogP contribution in [-0.2, 0) is 11.3 Å². The Morgan fingerprint density at radius 3 is 3.19 bits per heavy atom. The van der Waals surface area contributed by atoms with Crippen LogP contribution in [0.4, 0.5) is 0 Å². The highest BCUT2D eigenvalue weighted by molar-refractivity contribution is 7.15. The molecule has 3 heterocycles. The van der Waals surface area contributed by atoms with E-state index < -0.39 is 0 Å². The highest BCUT2D eigenvalue weighted by Gasteiger charge is 2.26. The van der Waals surface area contributed by atoms with E-state index in [1.54, 1.807) is 6.20 Å². The molecular weight excluding hydrogens is 328 g/mol. The zero-order valence-corrected chi connectivity index (χ0v) is 13.7. The molecule has 0 spiro atoms. The first kappa shape index (κ1) is 15.1. The van der Waals surface area contributed by atoms with Gasteiger partial charge in [0.15, 0.2) is 10.3 Å². The van der Waals surface area contributed by atoms with Crippen LogP contribution in [0.5, 0.6) is 0 Å². The van der Waals surface area contributed by atoms with Gasteiger partial charge in [0.2, 0.25) is 0 Å². The van der Waals surface area contributed by atoms with E-state index in [1.807, 2.05) is 17.5 Å². The molecule has 1 unspecified atom stereocenters. The van der Waals surface area contributed by atoms with Gasteiger partial charge in [0.05, 0.1) is 18.1 Å². The van der Waals surface area contributed by atoms with Crippen molar-refractivity contribution in [3.63, 3.8) is 0 Å². The predicted molar refractivity (Wildman–Crippen MR) is 85.4 cm³/mol. The monoisotopic (exact) mass is 342 g/mol. The molecule has 21 heavy (non-hydrogen) atoms. The molecule has 7 heteroatoms. The van der Waals surface area contributed by atoms with E-state index in [9.17, 15) is 4.79 Å². The summed E-state index contributed by atoms with van der Waals surface area (Å²) in [4.78, 5) is 20.6. The topological polar surface area (TPSA) is 42.4 Å². The molecule has 1 aliphatic heterocycles. The molecule has 0 N–H and O–H groups in total. The summed E-state index contributed by atoms with van der Waals surface area (Å²) < 4.78 is 6.10. The molecule has 1 saturated heterocycles. The van der Waals surface area contributed by atoms with Crippen LogP contribution in [0, 0.1) is 0 Å². The van der Waals surface area contributed by atoms with E-state index in [4.69, 9.17) is 16.3 Å². The summed E-state index contributed by atoms with van der Waals surface area (Å²) in [6.45, 7) is 2.91. The Bertz CT molecular complexity index is 600. The van der Waals surface area contributed by atoms with Gasteiger partial charge in [0.25, 0.3) is 0 Å². The molecule has 1 atom stereocenters. The van der Waals surface area contributed by atoms with Crippen molar-refractivity contribution in [2.45, 2.75) is 19.0 Å². The number of ketones is 1. The zero-order valence-electron chi connectivity index (χ0n) is 11.3. The van der Waals surface area contributed by atoms with Crippen molar-refractivity contribution < 1.29 is 9.53 Å². The maximum absolute atomic E-state index is 12.3. The molecule has 0 radical (unpaired) electrons. The molecule has 112 valence electrons. The number of thiazole rings is 1. The number of morpholine rings is 1. The number of hydrogen-bond donors (Lipinski definition) is 0. The van der Waals surface area contributed by atoms with Crippen LogP contribution in [0.15, 0.2) is 23.7 Å². The molecule has 0 bridgehead atoms. The fraction of sp³-hybridized carbons (Fsp3) is 0.429. The van der Waals surface area contributed by atoms with E-state index in [-0.39, 0.29) is 11.8 Å². The number of nitrogens with zero attached hydrogens (tertiary/aromatic N) is 2. The Kier molecular flexibility index (Phi) is 5.03. The van der Waals surface area contributed by atoms with Crippen LogP contribution in [0.2, 0.25) is 4.47 Å². The summed E-state index contributed by atoms with van der Waals surface area (Å²) in [5.74, 6) is 0.188. The summed E-state index contributed by atoms with van der Waals surface area (Å²) in [5, 5.41) is 1.93. The lowest BCUT2D eigenvalue weighted by molar-refractivity contribution is -0.0121. The van der Waals surface area contributed by atoms with Gasteiger partial charge >= 0.3 is 0 Å². The summed E-state index contributed by atoms with van der Waals surface area (Å²) in [6, 6.07) is 3.91. The van der Waals surface area contributed by atoms with Crippen LogP contribution in [0.3, 0.4) is 0 Å². The Morgan fingerprint density at radius 2 is 2.48 bits per heavy atom. The maximum atomic E-state index is 12.3. The van der Waals surface area contributed by atoms with Crippen molar-refractivity contribution in [1.29, 1.82) is 0 Å². The number of thiophene rings is 1. The Morgan fingerprint density at radius 1 is 1.57 bits per heavy atom. The highest BCUT2D eigenvalue weighted by atomic mass is 35.5. The minimum atomic E-state index is 0.120. The summed E-state index contributed by atoms with van der Waals surface area (Å²) in [7, 11) is 0. The molecule has 4 nitrogen and oxygen atoms in total. The first-order valence-corrected chi connectivity index (χ1v) is 8.78. The number of carbonyl (C=O) groups excluding carboxylic acids is 1. The number of carbonyl (C=O) groups is 1. The molecule has 0 saturated carbocycles. The van der Waals surface area contributed by atoms with E-state index in [2.05, 4.69) is 9.88 Å². The molecule has 1 fully saturated rings. The third kappa shape index (κ3) is 3.90. The summed E-state index contributed by atoms with van der Waals surface area (Å²) in [6.07, 6.45) is 2.30. The molecule has 0 amide bonds. The van der Waals surface area contributed by atoms with Gasteiger partial charge in [-0.25, -0.2) is 4.98 Å². The van der Waals surface area contributed by atoms with E-state index in [0.717, 1.165) is 22.8 Å². The molecular formula is C14H15ClN2O2S2. The van der Waals surface area contributed by atoms with Crippen molar-refractivity contribution in [2.24, 2.45) is 0 Å². The number of aromatic nitrogens is 1. The third-order valence-electron chi connectivity index (χ3n) is 3.45. The Hall–Kier alpha value is -0.790. The van der Waals surface area contributed by atoms with Crippen LogP contribution in [-0.4, -0.2) is 41.5 Å². The van der Waals surface area contributed by atoms with Gasteiger partial charge in [-0.1, -0.05) is 17.7 Å². The lowest BCUT2D eigenvalue weighted by Crippen LogP contribution is -2.45. The van der Waals surface area contributed by atoms with Gasteiger partial charge in [0, 0.05) is 36.6 Å². The van der Waals surface area contributed by atoms with Crippen LogP contribution >= 0.6 is 34.3 Å². The second kappa shape index (κ2) is 6.98. The number of ether oxygens (including phenoxy) is 1. The molecule has 1 aliphatic rings. The molecule has 3 rings (SSSR count). The van der Waals surface area contributed by atoms with Crippen molar-refractivity contribution in [3.05, 3.63) is 37.9 Å². The summed E-state index contributed by atoms with van der Waals surface area (Å²) in [5.41, 5.74) is 0. The third-order valence-corrected chi connectivity index (χ3v) is 5.46. The maximum Gasteiger partial charge on any atom is 0.183 e. The number of hydrogen-bond acceptors (Lipinski definition) is 6. The minimum Gasteiger partial charge on any atom is -0.378 e.